The lowest BCUT2D eigenvalue weighted by Gasteiger charge is -2.11. The lowest BCUT2D eigenvalue weighted by Crippen LogP contribution is -2.24. The number of sulfonamides is 1. The summed E-state index contributed by atoms with van der Waals surface area (Å²) in [6.45, 7) is 4.41. The molecule has 0 saturated carbocycles. The molecule has 2 aromatic rings. The fourth-order valence-corrected chi connectivity index (χ4v) is 3.10. The Bertz CT molecular complexity index is 677. The van der Waals surface area contributed by atoms with E-state index in [1.165, 1.54) is 0 Å². The summed E-state index contributed by atoms with van der Waals surface area (Å²) in [6.07, 6.45) is 0. The lowest BCUT2D eigenvalue weighted by molar-refractivity contribution is 0.490. The molecule has 0 unspecified atom stereocenters. The molecule has 1 heterocycles. The van der Waals surface area contributed by atoms with Gasteiger partial charge in [0.15, 0.2) is 0 Å². The molecule has 0 spiro atoms. The molecule has 0 aliphatic heterocycles. The first-order valence-corrected chi connectivity index (χ1v) is 7.89. The standard InChI is InChI=1S/C14H18N2O3S/c1-3-16-20(17,18)14-7-5-4-6-13(14)15-10-12-9-8-11(2)19-12/h4-9,15-16H,3,10H2,1-2H3. The van der Waals surface area contributed by atoms with Crippen molar-refractivity contribution in [1.29, 1.82) is 0 Å². The van der Waals surface area contributed by atoms with Crippen LogP contribution in [0.15, 0.2) is 45.7 Å². The molecule has 0 fully saturated rings. The van der Waals surface area contributed by atoms with Crippen molar-refractivity contribution < 1.29 is 12.8 Å². The van der Waals surface area contributed by atoms with E-state index in [0.717, 1.165) is 11.5 Å². The van der Waals surface area contributed by atoms with E-state index in [1.54, 1.807) is 31.2 Å². The Morgan fingerprint density at radius 3 is 2.55 bits per heavy atom. The smallest absolute Gasteiger partial charge is 0.242 e. The third-order valence-corrected chi connectivity index (χ3v) is 4.36. The zero-order valence-electron chi connectivity index (χ0n) is 11.5. The number of hydrogen-bond donors (Lipinski definition) is 2. The number of hydrogen-bond acceptors (Lipinski definition) is 4. The molecule has 0 aliphatic rings. The van der Waals surface area contributed by atoms with Crippen molar-refractivity contribution in [3.63, 3.8) is 0 Å². The van der Waals surface area contributed by atoms with E-state index >= 15 is 0 Å². The van der Waals surface area contributed by atoms with Crippen LogP contribution in [0, 0.1) is 6.92 Å². The summed E-state index contributed by atoms with van der Waals surface area (Å²) in [5.74, 6) is 1.59. The minimum atomic E-state index is -3.48. The normalized spacial score (nSPS) is 11.5. The predicted molar refractivity (Wildman–Crippen MR) is 78.1 cm³/mol. The van der Waals surface area contributed by atoms with Crippen molar-refractivity contribution in [2.45, 2.75) is 25.3 Å². The van der Waals surface area contributed by atoms with Crippen LogP contribution in [0.4, 0.5) is 5.69 Å². The van der Waals surface area contributed by atoms with Gasteiger partial charge in [-0.15, -0.1) is 0 Å². The Morgan fingerprint density at radius 2 is 1.90 bits per heavy atom. The van der Waals surface area contributed by atoms with Crippen molar-refractivity contribution in [2.24, 2.45) is 0 Å². The Kier molecular flexibility index (Phi) is 4.46. The topological polar surface area (TPSA) is 71.3 Å². The third-order valence-electron chi connectivity index (χ3n) is 2.76. The lowest BCUT2D eigenvalue weighted by atomic mass is 10.3. The second-order valence-electron chi connectivity index (χ2n) is 4.36. The van der Waals surface area contributed by atoms with Gasteiger partial charge in [0, 0.05) is 6.54 Å². The van der Waals surface area contributed by atoms with Crippen molar-refractivity contribution in [3.8, 4) is 0 Å². The molecule has 108 valence electrons. The van der Waals surface area contributed by atoms with Gasteiger partial charge in [-0.3, -0.25) is 0 Å². The number of aryl methyl sites for hydroxylation is 1. The first-order valence-electron chi connectivity index (χ1n) is 6.41. The van der Waals surface area contributed by atoms with Crippen molar-refractivity contribution in [2.75, 3.05) is 11.9 Å². The van der Waals surface area contributed by atoms with Crippen molar-refractivity contribution in [3.05, 3.63) is 47.9 Å². The van der Waals surface area contributed by atoms with Crippen LogP contribution in [-0.4, -0.2) is 15.0 Å². The van der Waals surface area contributed by atoms with Gasteiger partial charge in [-0.2, -0.15) is 0 Å². The number of nitrogens with one attached hydrogen (secondary N) is 2. The van der Waals surface area contributed by atoms with Gasteiger partial charge in [0.1, 0.15) is 16.4 Å². The van der Waals surface area contributed by atoms with Crippen LogP contribution < -0.4 is 10.0 Å². The maximum absolute atomic E-state index is 12.1. The van der Waals surface area contributed by atoms with Crippen LogP contribution in [0.3, 0.4) is 0 Å². The van der Waals surface area contributed by atoms with E-state index in [1.807, 2.05) is 19.1 Å². The summed E-state index contributed by atoms with van der Waals surface area (Å²) < 4.78 is 32.1. The highest BCUT2D eigenvalue weighted by Crippen LogP contribution is 2.21. The Hall–Kier alpha value is -1.79. The van der Waals surface area contributed by atoms with Gasteiger partial charge in [-0.25, -0.2) is 13.1 Å². The van der Waals surface area contributed by atoms with Gasteiger partial charge in [0.25, 0.3) is 0 Å². The molecule has 2 N–H and O–H groups in total. The van der Waals surface area contributed by atoms with Gasteiger partial charge in [0.05, 0.1) is 12.2 Å². The molecule has 0 radical (unpaired) electrons. The number of anilines is 1. The van der Waals surface area contributed by atoms with Crippen LogP contribution >= 0.6 is 0 Å². The third kappa shape index (κ3) is 3.40. The summed E-state index contributed by atoms with van der Waals surface area (Å²) in [5, 5.41) is 3.09. The molecular weight excluding hydrogens is 276 g/mol. The molecular formula is C14H18N2O3S. The summed E-state index contributed by atoms with van der Waals surface area (Å²) in [4.78, 5) is 0.241. The van der Waals surface area contributed by atoms with E-state index in [4.69, 9.17) is 4.42 Å². The van der Waals surface area contributed by atoms with Gasteiger partial charge in [0.2, 0.25) is 10.0 Å². The number of benzene rings is 1. The van der Waals surface area contributed by atoms with E-state index < -0.39 is 10.0 Å². The maximum atomic E-state index is 12.1. The molecule has 0 saturated heterocycles. The van der Waals surface area contributed by atoms with Crippen molar-refractivity contribution in [1.82, 2.24) is 4.72 Å². The van der Waals surface area contributed by atoms with Gasteiger partial charge in [-0.05, 0) is 31.2 Å². The molecule has 2 rings (SSSR count). The molecule has 6 heteroatoms. The first-order chi connectivity index (χ1) is 9.53. The quantitative estimate of drug-likeness (QED) is 0.858. The highest BCUT2D eigenvalue weighted by molar-refractivity contribution is 7.89. The number of para-hydroxylation sites is 1. The molecule has 20 heavy (non-hydrogen) atoms. The monoisotopic (exact) mass is 294 g/mol. The largest absolute Gasteiger partial charge is 0.465 e. The predicted octanol–water partition coefficient (Wildman–Crippen LogP) is 2.50. The minimum absolute atomic E-state index is 0.241. The zero-order chi connectivity index (χ0) is 14.6. The molecule has 0 amide bonds. The molecule has 1 aromatic carbocycles. The fraction of sp³-hybridized carbons (Fsp3) is 0.286. The molecule has 0 bridgehead atoms. The second kappa shape index (κ2) is 6.11. The summed E-state index contributed by atoms with van der Waals surface area (Å²) in [5.41, 5.74) is 0.558. The van der Waals surface area contributed by atoms with E-state index in [0.29, 0.717) is 18.8 Å². The molecule has 0 atom stereocenters. The van der Waals surface area contributed by atoms with Crippen LogP contribution in [0.25, 0.3) is 0 Å². The summed E-state index contributed by atoms with van der Waals surface area (Å²) in [7, 11) is -3.48. The Labute approximate surface area is 119 Å². The number of rotatable bonds is 6. The fourth-order valence-electron chi connectivity index (χ4n) is 1.88. The molecule has 1 aromatic heterocycles. The first kappa shape index (κ1) is 14.6. The highest BCUT2D eigenvalue weighted by atomic mass is 32.2. The van der Waals surface area contributed by atoms with Crippen LogP contribution in [0.2, 0.25) is 0 Å². The summed E-state index contributed by atoms with van der Waals surface area (Å²) >= 11 is 0. The van der Waals surface area contributed by atoms with Crippen molar-refractivity contribution >= 4 is 15.7 Å². The summed E-state index contributed by atoms with van der Waals surface area (Å²) in [6, 6.07) is 10.5. The van der Waals surface area contributed by atoms with E-state index in [9.17, 15) is 8.42 Å². The van der Waals surface area contributed by atoms with Gasteiger partial charge in [-0.1, -0.05) is 19.1 Å². The van der Waals surface area contributed by atoms with Crippen LogP contribution in [0.1, 0.15) is 18.4 Å². The molecule has 0 aliphatic carbocycles. The van der Waals surface area contributed by atoms with Crippen LogP contribution in [0.5, 0.6) is 0 Å². The van der Waals surface area contributed by atoms with Gasteiger partial charge >= 0.3 is 0 Å². The second-order valence-corrected chi connectivity index (χ2v) is 6.10. The Morgan fingerprint density at radius 1 is 1.15 bits per heavy atom. The maximum Gasteiger partial charge on any atom is 0.242 e. The number of furan rings is 1. The van der Waals surface area contributed by atoms with E-state index in [-0.39, 0.29) is 4.90 Å². The average molecular weight is 294 g/mol. The Balaban J connectivity index is 2.20. The van der Waals surface area contributed by atoms with Crippen LogP contribution in [-0.2, 0) is 16.6 Å². The van der Waals surface area contributed by atoms with Gasteiger partial charge < -0.3 is 9.73 Å². The van der Waals surface area contributed by atoms with E-state index in [2.05, 4.69) is 10.0 Å². The average Bonchev–Trinajstić information content (AvgIpc) is 2.82. The molecule has 5 nitrogen and oxygen atoms in total. The SMILES string of the molecule is CCNS(=O)(=O)c1ccccc1NCc1ccc(C)o1. The minimum Gasteiger partial charge on any atom is -0.465 e. The highest BCUT2D eigenvalue weighted by Gasteiger charge is 2.16. The zero-order valence-corrected chi connectivity index (χ0v) is 12.3.